The van der Waals surface area contributed by atoms with Crippen LogP contribution in [0.4, 0.5) is 0 Å². The van der Waals surface area contributed by atoms with E-state index >= 15 is 0 Å². The van der Waals surface area contributed by atoms with Crippen molar-refractivity contribution in [1.29, 1.82) is 0 Å². The molecule has 1 saturated heterocycles. The molecule has 0 atom stereocenters. The molecule has 44 heavy (non-hydrogen) atoms. The summed E-state index contributed by atoms with van der Waals surface area (Å²) in [7, 11) is -0.428. The molecule has 0 spiro atoms. The van der Waals surface area contributed by atoms with Gasteiger partial charge in [0.25, 0.3) is 0 Å². The van der Waals surface area contributed by atoms with Crippen LogP contribution in [-0.4, -0.2) is 22.9 Å². The number of hydrogen-bond acceptors (Lipinski definition) is 3. The van der Waals surface area contributed by atoms with Crippen molar-refractivity contribution in [1.82, 2.24) is 4.57 Å². The average Bonchev–Trinajstić information content (AvgIpc) is 3.66. The van der Waals surface area contributed by atoms with Gasteiger partial charge in [0.15, 0.2) is 0 Å². The van der Waals surface area contributed by atoms with Crippen LogP contribution in [0.15, 0.2) is 101 Å². The Morgan fingerprint density at radius 2 is 1.30 bits per heavy atom. The first-order valence-electron chi connectivity index (χ1n) is 15.5. The number of hydrogen-bond donors (Lipinski definition) is 0. The van der Waals surface area contributed by atoms with Crippen LogP contribution in [0.25, 0.3) is 60.6 Å². The molecule has 1 aliphatic heterocycles. The summed E-state index contributed by atoms with van der Waals surface area (Å²) in [5.74, 6) is 0. The number of aromatic nitrogens is 1. The van der Waals surface area contributed by atoms with E-state index in [1.807, 2.05) is 0 Å². The molecule has 3 heterocycles. The Labute approximate surface area is 257 Å². The lowest BCUT2D eigenvalue weighted by Gasteiger charge is -2.32. The highest BCUT2D eigenvalue weighted by molar-refractivity contribution is 6.62. The predicted octanol–water partition coefficient (Wildman–Crippen LogP) is 9.29. The van der Waals surface area contributed by atoms with Gasteiger partial charge in [0.05, 0.1) is 22.2 Å². The number of fused-ring (bicyclic) bond motifs is 9. The van der Waals surface area contributed by atoms with E-state index in [2.05, 4.69) is 143 Å². The molecule has 216 valence electrons. The van der Waals surface area contributed by atoms with Gasteiger partial charge in [-0.3, -0.25) is 0 Å². The van der Waals surface area contributed by atoms with E-state index in [1.165, 1.54) is 44.1 Å². The lowest BCUT2D eigenvalue weighted by Crippen LogP contribution is -2.41. The van der Waals surface area contributed by atoms with Crippen LogP contribution in [0.2, 0.25) is 0 Å². The molecule has 4 nitrogen and oxygen atoms in total. The second-order valence-corrected chi connectivity index (χ2v) is 14.1. The van der Waals surface area contributed by atoms with E-state index in [-0.39, 0.29) is 5.41 Å². The minimum absolute atomic E-state index is 0.0685. The van der Waals surface area contributed by atoms with Crippen molar-refractivity contribution in [3.63, 3.8) is 0 Å². The van der Waals surface area contributed by atoms with E-state index < -0.39 is 18.3 Å². The number of nitrogens with zero attached hydrogens (tertiary/aromatic N) is 1. The van der Waals surface area contributed by atoms with Gasteiger partial charge in [0.1, 0.15) is 11.2 Å². The van der Waals surface area contributed by atoms with Gasteiger partial charge in [-0.25, -0.2) is 0 Å². The highest BCUT2D eigenvalue weighted by Crippen LogP contribution is 2.51. The zero-order chi connectivity index (χ0) is 30.2. The molecule has 2 aromatic heterocycles. The van der Waals surface area contributed by atoms with Crippen LogP contribution in [-0.2, 0) is 14.7 Å². The van der Waals surface area contributed by atoms with Gasteiger partial charge in [-0.2, -0.15) is 0 Å². The lowest BCUT2D eigenvalue weighted by molar-refractivity contribution is 0.00578. The largest absolute Gasteiger partial charge is 0.494 e. The van der Waals surface area contributed by atoms with Gasteiger partial charge in [-0.05, 0) is 97.9 Å². The normalized spacial score (nSPS) is 18.1. The highest BCUT2D eigenvalue weighted by atomic mass is 16.7. The maximum Gasteiger partial charge on any atom is 0.494 e. The van der Waals surface area contributed by atoms with Gasteiger partial charge in [0.2, 0.25) is 0 Å². The smallest absolute Gasteiger partial charge is 0.456 e. The molecule has 0 amide bonds. The van der Waals surface area contributed by atoms with Gasteiger partial charge >= 0.3 is 7.12 Å². The van der Waals surface area contributed by atoms with Crippen LogP contribution >= 0.6 is 0 Å². The summed E-state index contributed by atoms with van der Waals surface area (Å²) in [6.45, 7) is 13.0. The Morgan fingerprint density at radius 1 is 0.545 bits per heavy atom. The molecular formula is C39H34BNO3. The van der Waals surface area contributed by atoms with Crippen LogP contribution < -0.4 is 5.46 Å². The molecule has 0 saturated carbocycles. The number of rotatable bonds is 2. The van der Waals surface area contributed by atoms with E-state index in [0.717, 1.165) is 33.1 Å². The van der Waals surface area contributed by atoms with Crippen molar-refractivity contribution in [2.24, 2.45) is 0 Å². The fourth-order valence-corrected chi connectivity index (χ4v) is 7.49. The van der Waals surface area contributed by atoms with Crippen LogP contribution in [0.1, 0.15) is 52.7 Å². The number of para-hydroxylation sites is 1. The molecule has 0 N–H and O–H groups in total. The molecular weight excluding hydrogens is 541 g/mol. The van der Waals surface area contributed by atoms with E-state index in [4.69, 9.17) is 13.7 Å². The topological polar surface area (TPSA) is 36.5 Å². The SMILES string of the molecule is CC1(C)c2ccccc2-c2cc3c4ccccc4n(-c4ccc5oc6cc(B7OC(C)(C)C(C)(C)O7)ccc6c5c4)c3cc21. The Bertz CT molecular complexity index is 2320. The van der Waals surface area contributed by atoms with Crippen molar-refractivity contribution in [3.8, 4) is 16.8 Å². The summed E-state index contributed by atoms with van der Waals surface area (Å²) in [5.41, 5.74) is 10.8. The monoisotopic (exact) mass is 575 g/mol. The summed E-state index contributed by atoms with van der Waals surface area (Å²) >= 11 is 0. The Hall–Kier alpha value is -4.32. The Morgan fingerprint density at radius 3 is 2.11 bits per heavy atom. The van der Waals surface area contributed by atoms with Crippen molar-refractivity contribution < 1.29 is 13.7 Å². The van der Waals surface area contributed by atoms with Crippen LogP contribution in [0.5, 0.6) is 0 Å². The van der Waals surface area contributed by atoms with E-state index in [9.17, 15) is 0 Å². The third kappa shape index (κ3) is 3.37. The van der Waals surface area contributed by atoms with Crippen molar-refractivity contribution in [2.75, 3.05) is 0 Å². The Balaban J connectivity index is 1.23. The Kier molecular flexibility index (Phi) is 5.01. The molecule has 0 unspecified atom stereocenters. The number of furan rings is 1. The van der Waals surface area contributed by atoms with Crippen molar-refractivity contribution in [3.05, 3.63) is 108 Å². The first kappa shape index (κ1) is 26.1. The van der Waals surface area contributed by atoms with Gasteiger partial charge in [-0.15, -0.1) is 0 Å². The fraction of sp³-hybridized carbons (Fsp3) is 0.231. The summed E-state index contributed by atoms with van der Waals surface area (Å²) in [6, 6.07) is 35.3. The summed E-state index contributed by atoms with van der Waals surface area (Å²) < 4.78 is 21.5. The zero-order valence-electron chi connectivity index (χ0n) is 26.0. The molecule has 1 fully saturated rings. The molecule has 0 bridgehead atoms. The van der Waals surface area contributed by atoms with Crippen LogP contribution in [0, 0.1) is 0 Å². The summed E-state index contributed by atoms with van der Waals surface area (Å²) in [6.07, 6.45) is 0. The quantitative estimate of drug-likeness (QED) is 0.193. The van der Waals surface area contributed by atoms with E-state index in [1.54, 1.807) is 0 Å². The standard InChI is InChI=1S/C39H34BNO3/c1-37(2)31-13-9-7-11-25(31)28-21-29-26-12-8-10-14-33(26)41(34(29)22-32(28)37)24-16-18-35-30(20-24)27-17-15-23(19-36(27)42-35)40-43-38(3,4)39(5,6)44-40/h7-22H,1-6H3. The van der Waals surface area contributed by atoms with Crippen molar-refractivity contribution >= 4 is 56.3 Å². The van der Waals surface area contributed by atoms with Gasteiger partial charge in [0, 0.05) is 32.6 Å². The fourth-order valence-electron chi connectivity index (χ4n) is 7.49. The highest BCUT2D eigenvalue weighted by Gasteiger charge is 2.51. The molecule has 7 aromatic rings. The maximum absolute atomic E-state index is 6.41. The zero-order valence-corrected chi connectivity index (χ0v) is 26.0. The molecule has 9 rings (SSSR count). The third-order valence-electron chi connectivity index (χ3n) is 10.6. The van der Waals surface area contributed by atoms with Gasteiger partial charge in [-0.1, -0.05) is 68.4 Å². The van der Waals surface area contributed by atoms with Crippen LogP contribution in [0.3, 0.4) is 0 Å². The van der Waals surface area contributed by atoms with Crippen molar-refractivity contribution in [2.45, 2.75) is 58.2 Å². The maximum atomic E-state index is 6.41. The molecule has 0 radical (unpaired) electrons. The molecule has 5 heteroatoms. The number of benzene rings is 5. The first-order valence-corrected chi connectivity index (χ1v) is 15.5. The second kappa shape index (κ2) is 8.44. The first-order chi connectivity index (χ1) is 21.0. The van der Waals surface area contributed by atoms with E-state index in [0.29, 0.717) is 0 Å². The summed E-state index contributed by atoms with van der Waals surface area (Å²) in [4.78, 5) is 0. The minimum Gasteiger partial charge on any atom is -0.456 e. The predicted molar refractivity (Wildman–Crippen MR) is 181 cm³/mol. The third-order valence-corrected chi connectivity index (χ3v) is 10.6. The summed E-state index contributed by atoms with van der Waals surface area (Å²) in [5, 5.41) is 4.71. The second-order valence-electron chi connectivity index (χ2n) is 14.1. The molecule has 2 aliphatic rings. The lowest BCUT2D eigenvalue weighted by atomic mass is 9.79. The van der Waals surface area contributed by atoms with Gasteiger partial charge < -0.3 is 18.3 Å². The molecule has 5 aromatic carbocycles. The average molecular weight is 576 g/mol. The minimum atomic E-state index is -0.428. The molecule has 1 aliphatic carbocycles.